The summed E-state index contributed by atoms with van der Waals surface area (Å²) in [6, 6.07) is 13.3. The molecule has 3 aromatic rings. The Hall–Kier alpha value is -1.98. The van der Waals surface area contributed by atoms with Gasteiger partial charge in [-0.1, -0.05) is 18.2 Å². The van der Waals surface area contributed by atoms with Gasteiger partial charge in [-0.15, -0.1) is 11.3 Å². The van der Waals surface area contributed by atoms with Gasteiger partial charge in [0.05, 0.1) is 6.04 Å². The third kappa shape index (κ3) is 2.46. The van der Waals surface area contributed by atoms with Crippen molar-refractivity contribution < 1.29 is 0 Å². The predicted molar refractivity (Wildman–Crippen MR) is 91.4 cm³/mol. The number of hydrogen-bond donors (Lipinski definition) is 1. The average molecular weight is 310 g/mol. The summed E-state index contributed by atoms with van der Waals surface area (Å²) in [7, 11) is 0. The summed E-state index contributed by atoms with van der Waals surface area (Å²) in [6.07, 6.45) is 1.93. The molecule has 0 radical (unpaired) electrons. The summed E-state index contributed by atoms with van der Waals surface area (Å²) in [6.45, 7) is 4.08. The third-order valence-electron chi connectivity index (χ3n) is 4.20. The van der Waals surface area contributed by atoms with Crippen molar-refractivity contribution >= 4 is 27.2 Å². The molecule has 1 aliphatic heterocycles. The molecule has 22 heavy (non-hydrogen) atoms. The van der Waals surface area contributed by atoms with Gasteiger partial charge in [0.15, 0.2) is 0 Å². The molecule has 2 unspecified atom stereocenters. The topological polar surface area (TPSA) is 41.1 Å². The maximum Gasteiger partial charge on any atom is 0.148 e. The van der Waals surface area contributed by atoms with E-state index in [9.17, 15) is 0 Å². The van der Waals surface area contributed by atoms with Gasteiger partial charge in [-0.2, -0.15) is 0 Å². The van der Waals surface area contributed by atoms with Crippen LogP contribution in [0.25, 0.3) is 10.2 Å². The molecule has 3 heterocycles. The molecule has 4 rings (SSSR count). The van der Waals surface area contributed by atoms with Gasteiger partial charge >= 0.3 is 0 Å². The maximum atomic E-state index is 4.73. The van der Waals surface area contributed by atoms with Gasteiger partial charge in [-0.05, 0) is 30.5 Å². The molecule has 0 amide bonds. The number of benzene rings is 1. The lowest BCUT2D eigenvalue weighted by Crippen LogP contribution is -2.52. The average Bonchev–Trinajstić information content (AvgIpc) is 3.04. The summed E-state index contributed by atoms with van der Waals surface area (Å²) >= 11 is 1.67. The molecule has 0 spiro atoms. The largest absolute Gasteiger partial charge is 0.366 e. The van der Waals surface area contributed by atoms with Crippen LogP contribution >= 0.6 is 11.3 Å². The summed E-state index contributed by atoms with van der Waals surface area (Å²) in [5.41, 5.74) is 1.26. The second kappa shape index (κ2) is 5.66. The molecule has 0 aliphatic carbocycles. The second-order valence-electron chi connectivity index (χ2n) is 5.71. The van der Waals surface area contributed by atoms with Crippen molar-refractivity contribution in [1.82, 2.24) is 15.3 Å². The number of rotatable bonds is 2. The molecule has 112 valence electrons. The zero-order valence-electron chi connectivity index (χ0n) is 12.4. The molecule has 1 fully saturated rings. The highest BCUT2D eigenvalue weighted by atomic mass is 32.1. The predicted octanol–water partition coefficient (Wildman–Crippen LogP) is 3.23. The fraction of sp³-hybridized carbons (Fsp3) is 0.294. The van der Waals surface area contributed by atoms with Crippen LogP contribution in [-0.2, 0) is 0 Å². The Bertz CT molecular complexity index is 770. The molecular formula is C17H18N4S. The van der Waals surface area contributed by atoms with Crippen molar-refractivity contribution in [3.05, 3.63) is 53.8 Å². The Morgan fingerprint density at radius 2 is 2.09 bits per heavy atom. The van der Waals surface area contributed by atoms with Gasteiger partial charge in [-0.25, -0.2) is 9.97 Å². The molecule has 1 aliphatic rings. The van der Waals surface area contributed by atoms with Crippen molar-refractivity contribution in [3.8, 4) is 0 Å². The standard InChI is InChI=1S/C17H18N4S/c1-12-9-18-15(11-21(12)14-5-3-2-4-6-14)16-19-10-13-7-8-22-17(13)20-16/h2-8,10,12,15,18H,9,11H2,1H3. The molecule has 1 N–H and O–H groups in total. The summed E-state index contributed by atoms with van der Waals surface area (Å²) in [5.74, 6) is 0.891. The smallest absolute Gasteiger partial charge is 0.148 e. The monoisotopic (exact) mass is 310 g/mol. The lowest BCUT2D eigenvalue weighted by Gasteiger charge is -2.39. The molecule has 2 aromatic heterocycles. The van der Waals surface area contributed by atoms with E-state index in [0.29, 0.717) is 6.04 Å². The number of para-hydroxylation sites is 1. The normalized spacial score (nSPS) is 22.1. The minimum Gasteiger partial charge on any atom is -0.366 e. The molecule has 0 saturated carbocycles. The van der Waals surface area contributed by atoms with Crippen LogP contribution in [-0.4, -0.2) is 29.1 Å². The number of piperazine rings is 1. The Morgan fingerprint density at radius 1 is 1.23 bits per heavy atom. The molecule has 5 heteroatoms. The number of fused-ring (bicyclic) bond motifs is 1. The number of thiophene rings is 1. The lowest BCUT2D eigenvalue weighted by molar-refractivity contribution is 0.402. The van der Waals surface area contributed by atoms with Crippen LogP contribution in [0, 0.1) is 0 Å². The number of nitrogens with zero attached hydrogens (tertiary/aromatic N) is 3. The van der Waals surface area contributed by atoms with Crippen molar-refractivity contribution in [2.24, 2.45) is 0 Å². The summed E-state index contributed by atoms with van der Waals surface area (Å²) in [4.78, 5) is 12.8. The van der Waals surface area contributed by atoms with E-state index in [1.807, 2.05) is 6.20 Å². The quantitative estimate of drug-likeness (QED) is 0.789. The minimum absolute atomic E-state index is 0.169. The fourth-order valence-electron chi connectivity index (χ4n) is 2.95. The van der Waals surface area contributed by atoms with Gasteiger partial charge in [0.2, 0.25) is 0 Å². The van der Waals surface area contributed by atoms with Crippen LogP contribution in [0.4, 0.5) is 5.69 Å². The van der Waals surface area contributed by atoms with Crippen molar-refractivity contribution in [3.63, 3.8) is 0 Å². The van der Waals surface area contributed by atoms with Crippen LogP contribution in [0.1, 0.15) is 18.8 Å². The summed E-state index contributed by atoms with van der Waals surface area (Å²) < 4.78 is 0. The summed E-state index contributed by atoms with van der Waals surface area (Å²) in [5, 5.41) is 6.77. The van der Waals surface area contributed by atoms with Crippen molar-refractivity contribution in [2.75, 3.05) is 18.0 Å². The van der Waals surface area contributed by atoms with Crippen LogP contribution in [0.15, 0.2) is 48.0 Å². The number of nitrogens with one attached hydrogen (secondary N) is 1. The second-order valence-corrected chi connectivity index (χ2v) is 6.60. The lowest BCUT2D eigenvalue weighted by atomic mass is 10.1. The van der Waals surface area contributed by atoms with Crippen LogP contribution in [0.5, 0.6) is 0 Å². The van der Waals surface area contributed by atoms with E-state index >= 15 is 0 Å². The van der Waals surface area contributed by atoms with E-state index in [0.717, 1.165) is 29.1 Å². The SMILES string of the molecule is CC1CNC(c2ncc3ccsc3n2)CN1c1ccccc1. The zero-order valence-corrected chi connectivity index (χ0v) is 13.3. The van der Waals surface area contributed by atoms with Crippen molar-refractivity contribution in [1.29, 1.82) is 0 Å². The van der Waals surface area contributed by atoms with Gasteiger partial charge in [0.1, 0.15) is 10.7 Å². The Morgan fingerprint density at radius 3 is 2.95 bits per heavy atom. The molecule has 2 atom stereocenters. The van der Waals surface area contributed by atoms with Gasteiger partial charge in [0, 0.05) is 36.4 Å². The highest BCUT2D eigenvalue weighted by Gasteiger charge is 2.27. The van der Waals surface area contributed by atoms with E-state index in [4.69, 9.17) is 4.98 Å². The van der Waals surface area contributed by atoms with Crippen LogP contribution in [0.2, 0.25) is 0 Å². The zero-order chi connectivity index (χ0) is 14.9. The highest BCUT2D eigenvalue weighted by molar-refractivity contribution is 7.16. The van der Waals surface area contributed by atoms with E-state index < -0.39 is 0 Å². The van der Waals surface area contributed by atoms with Gasteiger partial charge < -0.3 is 10.2 Å². The third-order valence-corrected chi connectivity index (χ3v) is 5.02. The Kier molecular flexibility index (Phi) is 3.52. The van der Waals surface area contributed by atoms with Gasteiger partial charge in [-0.3, -0.25) is 0 Å². The first-order valence-electron chi connectivity index (χ1n) is 7.56. The Labute approximate surface area is 133 Å². The first-order chi connectivity index (χ1) is 10.8. The van der Waals surface area contributed by atoms with Crippen LogP contribution in [0.3, 0.4) is 0 Å². The van der Waals surface area contributed by atoms with E-state index in [2.05, 4.69) is 63.9 Å². The molecule has 4 nitrogen and oxygen atoms in total. The van der Waals surface area contributed by atoms with E-state index in [1.54, 1.807) is 11.3 Å². The van der Waals surface area contributed by atoms with Gasteiger partial charge in [0.25, 0.3) is 0 Å². The first kappa shape index (κ1) is 13.7. The Balaban J connectivity index is 1.62. The molecule has 0 bridgehead atoms. The molecule has 1 aromatic carbocycles. The van der Waals surface area contributed by atoms with Crippen molar-refractivity contribution in [2.45, 2.75) is 19.0 Å². The van der Waals surface area contributed by atoms with E-state index in [-0.39, 0.29) is 6.04 Å². The number of aromatic nitrogens is 2. The highest BCUT2D eigenvalue weighted by Crippen LogP contribution is 2.25. The number of anilines is 1. The maximum absolute atomic E-state index is 4.73. The minimum atomic E-state index is 0.169. The molecule has 1 saturated heterocycles. The fourth-order valence-corrected chi connectivity index (χ4v) is 3.70. The first-order valence-corrected chi connectivity index (χ1v) is 8.44. The van der Waals surface area contributed by atoms with E-state index in [1.165, 1.54) is 5.69 Å². The van der Waals surface area contributed by atoms with Crippen LogP contribution < -0.4 is 10.2 Å². The number of hydrogen-bond acceptors (Lipinski definition) is 5. The molecular weight excluding hydrogens is 292 g/mol.